The smallest absolute Gasteiger partial charge is 0.130 e. The van der Waals surface area contributed by atoms with Gasteiger partial charge in [0.15, 0.2) is 0 Å². The van der Waals surface area contributed by atoms with E-state index >= 15 is 0 Å². The standard InChI is InChI=1S/C14H21F2NO/c1-4-17-14(6-5-7-18-3)11-8-10(2)12(15)9-13(11)16/h8-9,14,17H,4-7H2,1-3H3. The molecule has 0 aliphatic rings. The molecule has 0 aliphatic heterocycles. The largest absolute Gasteiger partial charge is 0.385 e. The van der Waals surface area contributed by atoms with E-state index in [0.29, 0.717) is 17.7 Å². The highest BCUT2D eigenvalue weighted by atomic mass is 19.1. The van der Waals surface area contributed by atoms with Gasteiger partial charge in [-0.15, -0.1) is 0 Å². The van der Waals surface area contributed by atoms with Crippen LogP contribution in [0.4, 0.5) is 8.78 Å². The maximum absolute atomic E-state index is 13.8. The van der Waals surface area contributed by atoms with Crippen LogP contribution in [0.2, 0.25) is 0 Å². The maximum Gasteiger partial charge on any atom is 0.130 e. The van der Waals surface area contributed by atoms with Gasteiger partial charge in [0.25, 0.3) is 0 Å². The fraction of sp³-hybridized carbons (Fsp3) is 0.571. The summed E-state index contributed by atoms with van der Waals surface area (Å²) in [6.07, 6.45) is 1.60. The highest BCUT2D eigenvalue weighted by molar-refractivity contribution is 5.28. The van der Waals surface area contributed by atoms with Crippen molar-refractivity contribution in [3.05, 3.63) is 34.9 Å². The Morgan fingerprint density at radius 3 is 2.61 bits per heavy atom. The van der Waals surface area contributed by atoms with Crippen molar-refractivity contribution in [2.75, 3.05) is 20.3 Å². The highest BCUT2D eigenvalue weighted by Crippen LogP contribution is 2.24. The quantitative estimate of drug-likeness (QED) is 0.756. The van der Waals surface area contributed by atoms with Crippen LogP contribution in [0.1, 0.15) is 36.9 Å². The molecule has 0 saturated carbocycles. The van der Waals surface area contributed by atoms with E-state index in [0.717, 1.165) is 25.5 Å². The lowest BCUT2D eigenvalue weighted by Gasteiger charge is -2.19. The minimum absolute atomic E-state index is 0.0931. The normalized spacial score (nSPS) is 12.7. The van der Waals surface area contributed by atoms with E-state index in [9.17, 15) is 8.78 Å². The summed E-state index contributed by atoms with van der Waals surface area (Å²) in [5.74, 6) is -0.982. The van der Waals surface area contributed by atoms with Gasteiger partial charge >= 0.3 is 0 Å². The van der Waals surface area contributed by atoms with Gasteiger partial charge in [0.1, 0.15) is 11.6 Å². The number of aryl methyl sites for hydroxylation is 1. The van der Waals surface area contributed by atoms with Crippen LogP contribution in [0.5, 0.6) is 0 Å². The first-order chi connectivity index (χ1) is 8.60. The van der Waals surface area contributed by atoms with Crippen LogP contribution in [0.25, 0.3) is 0 Å². The molecule has 1 aromatic rings. The number of methoxy groups -OCH3 is 1. The zero-order chi connectivity index (χ0) is 13.5. The minimum atomic E-state index is -0.497. The van der Waals surface area contributed by atoms with E-state index in [1.807, 2.05) is 6.92 Å². The van der Waals surface area contributed by atoms with Gasteiger partial charge < -0.3 is 10.1 Å². The van der Waals surface area contributed by atoms with Crippen molar-refractivity contribution in [1.29, 1.82) is 0 Å². The summed E-state index contributed by atoms with van der Waals surface area (Å²) in [6, 6.07) is 2.46. The molecule has 2 nitrogen and oxygen atoms in total. The van der Waals surface area contributed by atoms with Crippen molar-refractivity contribution in [3.63, 3.8) is 0 Å². The molecule has 0 saturated heterocycles. The molecule has 1 aromatic carbocycles. The number of hydrogen-bond donors (Lipinski definition) is 1. The van der Waals surface area contributed by atoms with E-state index < -0.39 is 11.6 Å². The van der Waals surface area contributed by atoms with E-state index in [1.165, 1.54) is 0 Å². The first kappa shape index (κ1) is 15.1. The predicted octanol–water partition coefficient (Wildman–Crippen LogP) is 3.35. The molecule has 4 heteroatoms. The summed E-state index contributed by atoms with van der Waals surface area (Å²) in [5, 5.41) is 3.23. The van der Waals surface area contributed by atoms with Crippen molar-refractivity contribution in [3.8, 4) is 0 Å². The topological polar surface area (TPSA) is 21.3 Å². The second-order valence-electron chi connectivity index (χ2n) is 4.37. The molecule has 102 valence electrons. The van der Waals surface area contributed by atoms with Gasteiger partial charge in [0, 0.05) is 31.4 Å². The van der Waals surface area contributed by atoms with Gasteiger partial charge in [0.05, 0.1) is 0 Å². The van der Waals surface area contributed by atoms with Crippen LogP contribution in [-0.2, 0) is 4.74 Å². The lowest BCUT2D eigenvalue weighted by atomic mass is 9.99. The van der Waals surface area contributed by atoms with Crippen LogP contribution < -0.4 is 5.32 Å². The molecular weight excluding hydrogens is 236 g/mol. The molecule has 0 aromatic heterocycles. The van der Waals surface area contributed by atoms with E-state index in [2.05, 4.69) is 5.32 Å². The first-order valence-electron chi connectivity index (χ1n) is 6.28. The monoisotopic (exact) mass is 257 g/mol. The highest BCUT2D eigenvalue weighted by Gasteiger charge is 2.16. The molecular formula is C14H21F2NO. The zero-order valence-electron chi connectivity index (χ0n) is 11.2. The summed E-state index contributed by atoms with van der Waals surface area (Å²) >= 11 is 0. The number of benzene rings is 1. The predicted molar refractivity (Wildman–Crippen MR) is 68.6 cm³/mol. The Bertz CT molecular complexity index is 382. The average molecular weight is 257 g/mol. The second-order valence-corrected chi connectivity index (χ2v) is 4.37. The average Bonchev–Trinajstić information content (AvgIpc) is 2.33. The first-order valence-corrected chi connectivity index (χ1v) is 6.28. The third-order valence-corrected chi connectivity index (χ3v) is 2.95. The summed E-state index contributed by atoms with van der Waals surface area (Å²) in [5.41, 5.74) is 1.01. The molecule has 0 bridgehead atoms. The Kier molecular flexibility index (Phi) is 6.22. The molecule has 18 heavy (non-hydrogen) atoms. The Balaban J connectivity index is 2.87. The van der Waals surface area contributed by atoms with Crippen molar-refractivity contribution < 1.29 is 13.5 Å². The maximum atomic E-state index is 13.8. The van der Waals surface area contributed by atoms with Gasteiger partial charge in [-0.05, 0) is 37.9 Å². The van der Waals surface area contributed by atoms with E-state index in [4.69, 9.17) is 4.74 Å². The Morgan fingerprint density at radius 1 is 1.28 bits per heavy atom. The second kappa shape index (κ2) is 7.44. The van der Waals surface area contributed by atoms with Crippen LogP contribution >= 0.6 is 0 Å². The van der Waals surface area contributed by atoms with Gasteiger partial charge in [-0.3, -0.25) is 0 Å². The summed E-state index contributed by atoms with van der Waals surface area (Å²) in [6.45, 7) is 5.01. The molecule has 0 aliphatic carbocycles. The van der Waals surface area contributed by atoms with Crippen LogP contribution in [0.3, 0.4) is 0 Å². The van der Waals surface area contributed by atoms with E-state index in [-0.39, 0.29) is 6.04 Å². The summed E-state index contributed by atoms with van der Waals surface area (Å²) in [4.78, 5) is 0. The summed E-state index contributed by atoms with van der Waals surface area (Å²) < 4.78 is 32.0. The molecule has 0 amide bonds. The fourth-order valence-electron chi connectivity index (χ4n) is 1.99. The van der Waals surface area contributed by atoms with Crippen LogP contribution in [-0.4, -0.2) is 20.3 Å². The lowest BCUT2D eigenvalue weighted by Crippen LogP contribution is -2.22. The van der Waals surface area contributed by atoms with Crippen LogP contribution in [0, 0.1) is 18.6 Å². The van der Waals surface area contributed by atoms with Crippen molar-refractivity contribution in [1.82, 2.24) is 5.32 Å². The number of hydrogen-bond acceptors (Lipinski definition) is 2. The van der Waals surface area contributed by atoms with Gasteiger partial charge in [-0.2, -0.15) is 0 Å². The number of halogens is 2. The summed E-state index contributed by atoms with van der Waals surface area (Å²) in [7, 11) is 1.64. The molecule has 0 radical (unpaired) electrons. The Hall–Kier alpha value is -1.00. The van der Waals surface area contributed by atoms with Crippen LogP contribution in [0.15, 0.2) is 12.1 Å². The van der Waals surface area contributed by atoms with Crippen molar-refractivity contribution >= 4 is 0 Å². The van der Waals surface area contributed by atoms with E-state index in [1.54, 1.807) is 20.1 Å². The minimum Gasteiger partial charge on any atom is -0.385 e. The molecule has 1 rings (SSSR count). The molecule has 1 atom stereocenters. The number of nitrogens with one attached hydrogen (secondary N) is 1. The Morgan fingerprint density at radius 2 is 2.00 bits per heavy atom. The fourth-order valence-corrected chi connectivity index (χ4v) is 1.99. The lowest BCUT2D eigenvalue weighted by molar-refractivity contribution is 0.188. The molecule has 1 N–H and O–H groups in total. The van der Waals surface area contributed by atoms with Crippen molar-refractivity contribution in [2.45, 2.75) is 32.7 Å². The van der Waals surface area contributed by atoms with Crippen molar-refractivity contribution in [2.24, 2.45) is 0 Å². The van der Waals surface area contributed by atoms with Gasteiger partial charge in [0.2, 0.25) is 0 Å². The van der Waals surface area contributed by atoms with Gasteiger partial charge in [-0.25, -0.2) is 8.78 Å². The molecule has 0 spiro atoms. The SMILES string of the molecule is CCNC(CCCOC)c1cc(C)c(F)cc1F. The molecule has 0 heterocycles. The molecule has 0 fully saturated rings. The number of ether oxygens (including phenoxy) is 1. The Labute approximate surface area is 107 Å². The third kappa shape index (κ3) is 4.03. The molecule has 1 unspecified atom stereocenters. The third-order valence-electron chi connectivity index (χ3n) is 2.95. The zero-order valence-corrected chi connectivity index (χ0v) is 11.2. The number of rotatable bonds is 7. The van der Waals surface area contributed by atoms with Gasteiger partial charge in [-0.1, -0.05) is 6.92 Å².